The lowest BCUT2D eigenvalue weighted by Crippen LogP contribution is -2.43. The number of hydrogen-bond acceptors (Lipinski definition) is 3. The number of nitrogens with two attached hydrogens (primary N) is 1. The first kappa shape index (κ1) is 16.5. The standard InChI is InChI=1S/C16H26N2O2S/c1-13-7-3-6-10-16(13)18(2)21(19,20)12-15-9-5-4-8-14(15)11-17/h4-5,8-9,13,16H,3,6-7,10-12,17H2,1-2H3. The number of rotatable bonds is 5. The quantitative estimate of drug-likeness (QED) is 0.909. The highest BCUT2D eigenvalue weighted by atomic mass is 32.2. The van der Waals surface area contributed by atoms with Gasteiger partial charge < -0.3 is 5.73 Å². The van der Waals surface area contributed by atoms with Crippen molar-refractivity contribution < 1.29 is 8.42 Å². The summed E-state index contributed by atoms with van der Waals surface area (Å²) in [6.07, 6.45) is 4.41. The SMILES string of the molecule is CC1CCCCC1N(C)S(=O)(=O)Cc1ccccc1CN. The molecule has 4 nitrogen and oxygen atoms in total. The van der Waals surface area contributed by atoms with Crippen LogP contribution in [-0.2, 0) is 22.3 Å². The molecule has 1 saturated carbocycles. The molecule has 0 aromatic heterocycles. The van der Waals surface area contributed by atoms with E-state index >= 15 is 0 Å². The summed E-state index contributed by atoms with van der Waals surface area (Å²) in [5, 5.41) is 0. The van der Waals surface area contributed by atoms with Crippen LogP contribution in [0, 0.1) is 5.92 Å². The van der Waals surface area contributed by atoms with Gasteiger partial charge >= 0.3 is 0 Å². The van der Waals surface area contributed by atoms with E-state index in [1.165, 1.54) is 6.42 Å². The molecule has 0 heterocycles. The number of hydrogen-bond donors (Lipinski definition) is 1. The summed E-state index contributed by atoms with van der Waals surface area (Å²) in [6, 6.07) is 7.65. The van der Waals surface area contributed by atoms with E-state index in [9.17, 15) is 8.42 Å². The maximum atomic E-state index is 12.7. The molecule has 0 saturated heterocycles. The van der Waals surface area contributed by atoms with Gasteiger partial charge in [0.15, 0.2) is 0 Å². The molecule has 2 atom stereocenters. The average molecular weight is 310 g/mol. The molecule has 2 rings (SSSR count). The summed E-state index contributed by atoms with van der Waals surface area (Å²) in [7, 11) is -1.57. The Morgan fingerprint density at radius 3 is 2.43 bits per heavy atom. The van der Waals surface area contributed by atoms with E-state index in [0.717, 1.165) is 30.4 Å². The van der Waals surface area contributed by atoms with Crippen molar-refractivity contribution in [2.75, 3.05) is 7.05 Å². The predicted octanol–water partition coefficient (Wildman–Crippen LogP) is 2.49. The van der Waals surface area contributed by atoms with E-state index in [0.29, 0.717) is 12.5 Å². The largest absolute Gasteiger partial charge is 0.326 e. The molecule has 0 amide bonds. The zero-order valence-electron chi connectivity index (χ0n) is 13.0. The molecular formula is C16H26N2O2S. The molecule has 0 aliphatic heterocycles. The Morgan fingerprint density at radius 1 is 1.19 bits per heavy atom. The smallest absolute Gasteiger partial charge is 0.218 e. The summed E-state index contributed by atoms with van der Waals surface area (Å²) < 4.78 is 27.0. The van der Waals surface area contributed by atoms with Gasteiger partial charge in [0.1, 0.15) is 0 Å². The van der Waals surface area contributed by atoms with Gasteiger partial charge in [0.2, 0.25) is 10.0 Å². The Bertz CT molecular complexity index is 571. The zero-order valence-corrected chi connectivity index (χ0v) is 13.8. The molecule has 1 aliphatic carbocycles. The minimum absolute atomic E-state index is 0.0418. The van der Waals surface area contributed by atoms with Gasteiger partial charge in [-0.2, -0.15) is 0 Å². The molecule has 21 heavy (non-hydrogen) atoms. The average Bonchev–Trinajstić information content (AvgIpc) is 2.47. The second-order valence-corrected chi connectivity index (χ2v) is 8.10. The van der Waals surface area contributed by atoms with Gasteiger partial charge in [-0.3, -0.25) is 0 Å². The van der Waals surface area contributed by atoms with E-state index in [2.05, 4.69) is 6.92 Å². The van der Waals surface area contributed by atoms with E-state index < -0.39 is 10.0 Å². The minimum Gasteiger partial charge on any atom is -0.326 e. The number of sulfonamides is 1. The second-order valence-electron chi connectivity index (χ2n) is 6.07. The highest BCUT2D eigenvalue weighted by Gasteiger charge is 2.32. The molecule has 0 spiro atoms. The maximum absolute atomic E-state index is 12.7. The van der Waals surface area contributed by atoms with Crippen LogP contribution in [0.4, 0.5) is 0 Å². The van der Waals surface area contributed by atoms with Gasteiger partial charge in [0, 0.05) is 19.6 Å². The molecule has 1 aromatic carbocycles. The lowest BCUT2D eigenvalue weighted by atomic mass is 9.86. The van der Waals surface area contributed by atoms with Crippen molar-refractivity contribution in [2.24, 2.45) is 11.7 Å². The van der Waals surface area contributed by atoms with Crippen molar-refractivity contribution in [3.63, 3.8) is 0 Å². The molecule has 5 heteroatoms. The number of benzene rings is 1. The molecule has 1 aliphatic rings. The first-order valence-electron chi connectivity index (χ1n) is 7.68. The van der Waals surface area contributed by atoms with Crippen molar-refractivity contribution in [3.8, 4) is 0 Å². The molecule has 118 valence electrons. The third-order valence-corrected chi connectivity index (χ3v) is 6.47. The fraction of sp³-hybridized carbons (Fsp3) is 0.625. The highest BCUT2D eigenvalue weighted by Crippen LogP contribution is 2.29. The Kier molecular flexibility index (Phi) is 5.41. The predicted molar refractivity (Wildman–Crippen MR) is 86.1 cm³/mol. The van der Waals surface area contributed by atoms with Crippen molar-refractivity contribution in [1.82, 2.24) is 4.31 Å². The highest BCUT2D eigenvalue weighted by molar-refractivity contribution is 7.88. The van der Waals surface area contributed by atoms with Crippen molar-refractivity contribution in [1.29, 1.82) is 0 Å². The van der Waals surface area contributed by atoms with Gasteiger partial charge in [0.25, 0.3) is 0 Å². The fourth-order valence-electron chi connectivity index (χ4n) is 3.24. The van der Waals surface area contributed by atoms with Gasteiger partial charge in [-0.05, 0) is 29.9 Å². The summed E-state index contributed by atoms with van der Waals surface area (Å²) in [6.45, 7) is 2.53. The first-order valence-corrected chi connectivity index (χ1v) is 9.29. The van der Waals surface area contributed by atoms with Gasteiger partial charge in [-0.1, -0.05) is 44.0 Å². The monoisotopic (exact) mass is 310 g/mol. The molecule has 1 fully saturated rings. The van der Waals surface area contributed by atoms with E-state index in [-0.39, 0.29) is 11.8 Å². The maximum Gasteiger partial charge on any atom is 0.218 e. The molecule has 0 radical (unpaired) electrons. The fourth-order valence-corrected chi connectivity index (χ4v) is 4.84. The number of nitrogens with zero attached hydrogens (tertiary/aromatic N) is 1. The first-order chi connectivity index (χ1) is 9.95. The van der Waals surface area contributed by atoms with Gasteiger partial charge in [-0.15, -0.1) is 0 Å². The lowest BCUT2D eigenvalue weighted by Gasteiger charge is -2.35. The Hall–Kier alpha value is -0.910. The summed E-state index contributed by atoms with van der Waals surface area (Å²) >= 11 is 0. The van der Waals surface area contributed by atoms with Crippen molar-refractivity contribution in [3.05, 3.63) is 35.4 Å². The third kappa shape index (κ3) is 3.84. The van der Waals surface area contributed by atoms with Crippen LogP contribution < -0.4 is 5.73 Å². The van der Waals surface area contributed by atoms with Crippen molar-refractivity contribution >= 4 is 10.0 Å². The molecular weight excluding hydrogens is 284 g/mol. The summed E-state index contributed by atoms with van der Waals surface area (Å²) in [4.78, 5) is 0. The lowest BCUT2D eigenvalue weighted by molar-refractivity contribution is 0.213. The van der Waals surface area contributed by atoms with Crippen LogP contribution in [-0.4, -0.2) is 25.8 Å². The Morgan fingerprint density at radius 2 is 1.81 bits per heavy atom. The van der Waals surface area contributed by atoms with Crippen LogP contribution in [0.15, 0.2) is 24.3 Å². The van der Waals surface area contributed by atoms with Crippen LogP contribution >= 0.6 is 0 Å². The molecule has 2 N–H and O–H groups in total. The van der Waals surface area contributed by atoms with Gasteiger partial charge in [0.05, 0.1) is 5.75 Å². The Labute approximate surface area is 128 Å². The summed E-state index contributed by atoms with van der Waals surface area (Å²) in [5.41, 5.74) is 7.43. The van der Waals surface area contributed by atoms with Crippen LogP contribution in [0.2, 0.25) is 0 Å². The van der Waals surface area contributed by atoms with E-state index in [1.807, 2.05) is 24.3 Å². The molecule has 0 bridgehead atoms. The van der Waals surface area contributed by atoms with Gasteiger partial charge in [-0.25, -0.2) is 12.7 Å². The summed E-state index contributed by atoms with van der Waals surface area (Å²) in [5.74, 6) is 0.475. The van der Waals surface area contributed by atoms with E-state index in [1.54, 1.807) is 11.4 Å². The normalized spacial score (nSPS) is 23.4. The van der Waals surface area contributed by atoms with Crippen LogP contribution in [0.1, 0.15) is 43.7 Å². The topological polar surface area (TPSA) is 63.4 Å². The second kappa shape index (κ2) is 6.90. The molecule has 1 aromatic rings. The van der Waals surface area contributed by atoms with Crippen LogP contribution in [0.25, 0.3) is 0 Å². The minimum atomic E-state index is -3.30. The third-order valence-electron chi connectivity index (χ3n) is 4.65. The zero-order chi connectivity index (χ0) is 15.5. The Balaban J connectivity index is 2.17. The van der Waals surface area contributed by atoms with Crippen molar-refractivity contribution in [2.45, 2.75) is 50.9 Å². The van der Waals surface area contributed by atoms with E-state index in [4.69, 9.17) is 5.73 Å². The molecule has 2 unspecified atom stereocenters. The van der Waals surface area contributed by atoms with Crippen LogP contribution in [0.3, 0.4) is 0 Å². The van der Waals surface area contributed by atoms with Crippen LogP contribution in [0.5, 0.6) is 0 Å².